The first-order chi connectivity index (χ1) is 7.71. The van der Waals surface area contributed by atoms with Gasteiger partial charge in [0.25, 0.3) is 0 Å². The molecule has 1 saturated heterocycles. The van der Waals surface area contributed by atoms with Gasteiger partial charge in [0, 0.05) is 33.7 Å². The largest absolute Gasteiger partial charge is 0.349 e. The first-order valence-corrected chi connectivity index (χ1v) is 7.55. The molecule has 0 saturated carbocycles. The minimum Gasteiger partial charge on any atom is -0.349 e. The smallest absolute Gasteiger partial charge is 0.196 e. The van der Waals surface area contributed by atoms with Crippen LogP contribution in [0.5, 0.6) is 0 Å². The zero-order chi connectivity index (χ0) is 13.3. The van der Waals surface area contributed by atoms with E-state index in [0.29, 0.717) is 19.6 Å². The summed E-state index contributed by atoms with van der Waals surface area (Å²) in [6, 6.07) is 0. The quantitative estimate of drug-likeness (QED) is 0.507. The molecule has 1 aliphatic rings. The van der Waals surface area contributed by atoms with Crippen LogP contribution in [0.25, 0.3) is 0 Å². The highest BCUT2D eigenvalue weighted by molar-refractivity contribution is 7.92. The Bertz CT molecular complexity index is 399. The second-order valence-corrected chi connectivity index (χ2v) is 7.91. The molecule has 0 bridgehead atoms. The Balaban J connectivity index is 2.94. The lowest BCUT2D eigenvalue weighted by molar-refractivity contribution is 0.328. The average Bonchev–Trinajstić information content (AvgIpc) is 2.18. The SMILES string of the molecule is CCN=C(N(C)C)N1CCS(=O)(=O)C(C)(C)C1. The number of guanidine groups is 1. The minimum atomic E-state index is -2.98. The molecule has 0 atom stereocenters. The molecule has 0 N–H and O–H groups in total. The summed E-state index contributed by atoms with van der Waals surface area (Å²) < 4.78 is 23.1. The molecular formula is C11H23N3O2S. The van der Waals surface area contributed by atoms with Crippen molar-refractivity contribution in [1.29, 1.82) is 0 Å². The number of hydrogen-bond donors (Lipinski definition) is 0. The molecule has 1 rings (SSSR count). The molecule has 17 heavy (non-hydrogen) atoms. The highest BCUT2D eigenvalue weighted by atomic mass is 32.2. The van der Waals surface area contributed by atoms with E-state index in [-0.39, 0.29) is 5.75 Å². The number of aliphatic imine (C=N–C) groups is 1. The van der Waals surface area contributed by atoms with Crippen molar-refractivity contribution < 1.29 is 8.42 Å². The van der Waals surface area contributed by atoms with E-state index >= 15 is 0 Å². The summed E-state index contributed by atoms with van der Waals surface area (Å²) in [4.78, 5) is 8.44. The second-order valence-electron chi connectivity index (χ2n) is 5.17. The molecule has 5 nitrogen and oxygen atoms in total. The van der Waals surface area contributed by atoms with Crippen LogP contribution in [0.4, 0.5) is 0 Å². The molecule has 0 unspecified atom stereocenters. The Hall–Kier alpha value is -0.780. The average molecular weight is 261 g/mol. The molecule has 100 valence electrons. The van der Waals surface area contributed by atoms with Crippen LogP contribution in [0.15, 0.2) is 4.99 Å². The third-order valence-corrected chi connectivity index (χ3v) is 5.56. The third-order valence-electron chi connectivity index (χ3n) is 3.03. The Morgan fingerprint density at radius 1 is 1.41 bits per heavy atom. The van der Waals surface area contributed by atoms with E-state index in [1.807, 2.05) is 25.9 Å². The van der Waals surface area contributed by atoms with Gasteiger partial charge in [-0.25, -0.2) is 8.42 Å². The molecule has 0 radical (unpaired) electrons. The molecule has 0 amide bonds. The first kappa shape index (κ1) is 14.3. The molecule has 1 fully saturated rings. The lowest BCUT2D eigenvalue weighted by Crippen LogP contribution is -2.57. The van der Waals surface area contributed by atoms with Gasteiger partial charge < -0.3 is 9.80 Å². The Labute approximate surface area is 104 Å². The number of hydrogen-bond acceptors (Lipinski definition) is 3. The summed E-state index contributed by atoms with van der Waals surface area (Å²) in [6.07, 6.45) is 0. The summed E-state index contributed by atoms with van der Waals surface area (Å²) in [5.74, 6) is 1.08. The predicted molar refractivity (Wildman–Crippen MR) is 71.1 cm³/mol. The fourth-order valence-electron chi connectivity index (χ4n) is 1.98. The van der Waals surface area contributed by atoms with Crippen molar-refractivity contribution in [3.8, 4) is 0 Å². The zero-order valence-corrected chi connectivity index (χ0v) is 12.2. The maximum Gasteiger partial charge on any atom is 0.196 e. The van der Waals surface area contributed by atoms with Gasteiger partial charge in [-0.3, -0.25) is 4.99 Å². The second kappa shape index (κ2) is 4.84. The summed E-state index contributed by atoms with van der Waals surface area (Å²) in [5.41, 5.74) is 0. The number of nitrogens with zero attached hydrogens (tertiary/aromatic N) is 3. The van der Waals surface area contributed by atoms with Crippen molar-refractivity contribution in [3.05, 3.63) is 0 Å². The van der Waals surface area contributed by atoms with Gasteiger partial charge in [-0.05, 0) is 20.8 Å². The van der Waals surface area contributed by atoms with Gasteiger partial charge in [0.15, 0.2) is 15.8 Å². The van der Waals surface area contributed by atoms with Crippen molar-refractivity contribution in [1.82, 2.24) is 9.80 Å². The van der Waals surface area contributed by atoms with Gasteiger partial charge in [-0.15, -0.1) is 0 Å². The Morgan fingerprint density at radius 3 is 2.41 bits per heavy atom. The molecule has 6 heteroatoms. The molecule has 0 aromatic rings. The van der Waals surface area contributed by atoms with Gasteiger partial charge in [-0.1, -0.05) is 0 Å². The van der Waals surface area contributed by atoms with Crippen LogP contribution in [0.1, 0.15) is 20.8 Å². The van der Waals surface area contributed by atoms with E-state index in [2.05, 4.69) is 9.89 Å². The maximum absolute atomic E-state index is 11.9. The lowest BCUT2D eigenvalue weighted by Gasteiger charge is -2.40. The summed E-state index contributed by atoms with van der Waals surface area (Å²) in [7, 11) is 0.887. The van der Waals surface area contributed by atoms with Gasteiger partial charge in [0.05, 0.1) is 10.5 Å². The highest BCUT2D eigenvalue weighted by Gasteiger charge is 2.41. The standard InChI is InChI=1S/C11H23N3O2S/c1-6-12-10(13(4)5)14-7-8-17(15,16)11(2,3)9-14/h6-9H2,1-5H3. The van der Waals surface area contributed by atoms with Crippen molar-refractivity contribution >= 4 is 15.8 Å². The van der Waals surface area contributed by atoms with Crippen LogP contribution in [-0.4, -0.2) is 68.4 Å². The first-order valence-electron chi connectivity index (χ1n) is 5.90. The topological polar surface area (TPSA) is 53.0 Å². The van der Waals surface area contributed by atoms with Crippen molar-refractivity contribution in [2.75, 3.05) is 39.5 Å². The fraction of sp³-hybridized carbons (Fsp3) is 0.909. The van der Waals surface area contributed by atoms with Crippen molar-refractivity contribution in [3.63, 3.8) is 0 Å². The van der Waals surface area contributed by atoms with Crippen LogP contribution in [0, 0.1) is 0 Å². The zero-order valence-electron chi connectivity index (χ0n) is 11.4. The number of sulfone groups is 1. The summed E-state index contributed by atoms with van der Waals surface area (Å²) in [5, 5.41) is 0. The Morgan fingerprint density at radius 2 is 2.00 bits per heavy atom. The summed E-state index contributed by atoms with van der Waals surface area (Å²) >= 11 is 0. The molecule has 0 aromatic heterocycles. The highest BCUT2D eigenvalue weighted by Crippen LogP contribution is 2.24. The number of rotatable bonds is 1. The van der Waals surface area contributed by atoms with Crippen LogP contribution in [0.3, 0.4) is 0 Å². The Kier molecular flexibility index (Phi) is 4.06. The van der Waals surface area contributed by atoms with E-state index in [1.54, 1.807) is 13.8 Å². The van der Waals surface area contributed by atoms with Crippen LogP contribution in [0.2, 0.25) is 0 Å². The van der Waals surface area contributed by atoms with E-state index in [1.165, 1.54) is 0 Å². The summed E-state index contributed by atoms with van der Waals surface area (Å²) in [6.45, 7) is 7.29. The van der Waals surface area contributed by atoms with E-state index in [0.717, 1.165) is 5.96 Å². The molecule has 1 heterocycles. The van der Waals surface area contributed by atoms with Gasteiger partial charge in [-0.2, -0.15) is 0 Å². The van der Waals surface area contributed by atoms with Crippen LogP contribution >= 0.6 is 0 Å². The lowest BCUT2D eigenvalue weighted by atomic mass is 10.2. The van der Waals surface area contributed by atoms with E-state index < -0.39 is 14.6 Å². The van der Waals surface area contributed by atoms with Gasteiger partial charge >= 0.3 is 0 Å². The third kappa shape index (κ3) is 2.91. The molecule has 0 spiro atoms. The van der Waals surface area contributed by atoms with Crippen LogP contribution in [-0.2, 0) is 9.84 Å². The fourth-order valence-corrected chi connectivity index (χ4v) is 3.35. The van der Waals surface area contributed by atoms with E-state index in [4.69, 9.17) is 0 Å². The maximum atomic E-state index is 11.9. The molecule has 1 aliphatic heterocycles. The minimum absolute atomic E-state index is 0.205. The monoisotopic (exact) mass is 261 g/mol. The van der Waals surface area contributed by atoms with Gasteiger partial charge in [0.1, 0.15) is 0 Å². The molecular weight excluding hydrogens is 238 g/mol. The normalized spacial score (nSPS) is 23.6. The predicted octanol–water partition coefficient (Wildman–Crippen LogP) is 0.433. The van der Waals surface area contributed by atoms with Crippen molar-refractivity contribution in [2.24, 2.45) is 4.99 Å². The molecule has 0 aliphatic carbocycles. The van der Waals surface area contributed by atoms with E-state index in [9.17, 15) is 8.42 Å². The van der Waals surface area contributed by atoms with Crippen molar-refractivity contribution in [2.45, 2.75) is 25.5 Å². The van der Waals surface area contributed by atoms with Gasteiger partial charge in [0.2, 0.25) is 0 Å². The molecule has 0 aromatic carbocycles. The van der Waals surface area contributed by atoms with Crippen LogP contribution < -0.4 is 0 Å².